The molecule has 0 amide bonds. The zero-order chi connectivity index (χ0) is 15.9. The monoisotopic (exact) mass is 299 g/mol. The first-order chi connectivity index (χ1) is 9.56. The van der Waals surface area contributed by atoms with E-state index >= 15 is 0 Å². The molecule has 1 aromatic carbocycles. The largest absolute Gasteiger partial charge is 0.416 e. The van der Waals surface area contributed by atoms with E-state index in [-0.39, 0.29) is 10.8 Å². The van der Waals surface area contributed by atoms with Crippen molar-refractivity contribution in [3.63, 3.8) is 0 Å². The second-order valence-corrected chi connectivity index (χ2v) is 7.37. The standard InChI is InChI=1S/C17H24F3N/c1-15(2,3)13-8-12(4-5-16(11-21)6-7-16)9-14(10-13)17(18,19)20/h8-10H,4-7,11,21H2,1-3H3. The Morgan fingerprint density at radius 3 is 2.05 bits per heavy atom. The molecule has 118 valence electrons. The fourth-order valence-corrected chi connectivity index (χ4v) is 2.58. The Hall–Kier alpha value is -1.03. The Morgan fingerprint density at radius 2 is 1.62 bits per heavy atom. The highest BCUT2D eigenvalue weighted by Crippen LogP contribution is 2.48. The van der Waals surface area contributed by atoms with Crippen molar-refractivity contribution in [3.05, 3.63) is 34.9 Å². The molecular weight excluding hydrogens is 275 g/mol. The molecule has 21 heavy (non-hydrogen) atoms. The zero-order valence-electron chi connectivity index (χ0n) is 13.0. The molecule has 0 saturated heterocycles. The van der Waals surface area contributed by atoms with E-state index in [4.69, 9.17) is 5.73 Å². The summed E-state index contributed by atoms with van der Waals surface area (Å²) in [5.74, 6) is 0. The number of benzene rings is 1. The van der Waals surface area contributed by atoms with Crippen molar-refractivity contribution in [2.24, 2.45) is 11.1 Å². The molecule has 0 radical (unpaired) electrons. The average Bonchev–Trinajstić information content (AvgIpc) is 3.15. The molecule has 1 aliphatic carbocycles. The number of halogens is 3. The molecule has 2 N–H and O–H groups in total. The number of hydrogen-bond acceptors (Lipinski definition) is 1. The van der Waals surface area contributed by atoms with Crippen molar-refractivity contribution >= 4 is 0 Å². The maximum Gasteiger partial charge on any atom is 0.416 e. The first kappa shape index (κ1) is 16.3. The van der Waals surface area contributed by atoms with Crippen molar-refractivity contribution in [2.45, 2.75) is 58.0 Å². The van der Waals surface area contributed by atoms with E-state index in [1.807, 2.05) is 26.8 Å². The highest BCUT2D eigenvalue weighted by atomic mass is 19.4. The van der Waals surface area contributed by atoms with Crippen LogP contribution in [0.2, 0.25) is 0 Å². The van der Waals surface area contributed by atoms with Crippen LogP contribution in [0, 0.1) is 5.41 Å². The van der Waals surface area contributed by atoms with Crippen LogP contribution < -0.4 is 5.73 Å². The predicted octanol–water partition coefficient (Wildman–Crippen LogP) is 4.67. The Kier molecular flexibility index (Phi) is 4.13. The maximum atomic E-state index is 13.1. The van der Waals surface area contributed by atoms with Gasteiger partial charge in [-0.25, -0.2) is 0 Å². The topological polar surface area (TPSA) is 26.0 Å². The van der Waals surface area contributed by atoms with Crippen LogP contribution in [0.4, 0.5) is 13.2 Å². The molecule has 0 spiro atoms. The molecule has 1 saturated carbocycles. The number of rotatable bonds is 4. The van der Waals surface area contributed by atoms with Gasteiger partial charge in [0.05, 0.1) is 5.56 Å². The molecule has 0 aromatic heterocycles. The first-order valence-electron chi connectivity index (χ1n) is 7.48. The first-order valence-corrected chi connectivity index (χ1v) is 7.48. The molecule has 1 aromatic rings. The smallest absolute Gasteiger partial charge is 0.330 e. The summed E-state index contributed by atoms with van der Waals surface area (Å²) >= 11 is 0. The zero-order valence-corrected chi connectivity index (χ0v) is 13.0. The van der Waals surface area contributed by atoms with E-state index < -0.39 is 11.7 Å². The molecule has 0 aliphatic heterocycles. The normalized spacial score (nSPS) is 17.9. The highest BCUT2D eigenvalue weighted by Gasteiger charge is 2.40. The number of hydrogen-bond donors (Lipinski definition) is 1. The molecule has 1 fully saturated rings. The molecule has 2 rings (SSSR count). The quantitative estimate of drug-likeness (QED) is 0.858. The summed E-state index contributed by atoms with van der Waals surface area (Å²) in [6.07, 6.45) is -0.525. The van der Waals surface area contributed by atoms with Crippen molar-refractivity contribution in [1.82, 2.24) is 0 Å². The number of aryl methyl sites for hydroxylation is 1. The van der Waals surface area contributed by atoms with Gasteiger partial charge in [-0.1, -0.05) is 26.8 Å². The van der Waals surface area contributed by atoms with Gasteiger partial charge in [0, 0.05) is 0 Å². The molecule has 1 nitrogen and oxygen atoms in total. The minimum atomic E-state index is -4.29. The Balaban J connectivity index is 2.27. The molecule has 4 heteroatoms. The SMILES string of the molecule is CC(C)(C)c1cc(CCC2(CN)CC2)cc(C(F)(F)F)c1. The van der Waals surface area contributed by atoms with Gasteiger partial charge in [0.25, 0.3) is 0 Å². The van der Waals surface area contributed by atoms with Crippen LogP contribution in [0.25, 0.3) is 0 Å². The Bertz CT molecular complexity index is 475. The number of alkyl halides is 3. The van der Waals surface area contributed by atoms with Crippen LogP contribution in [0.15, 0.2) is 18.2 Å². The third kappa shape index (κ3) is 4.00. The van der Waals surface area contributed by atoms with Crippen LogP contribution in [0.3, 0.4) is 0 Å². The van der Waals surface area contributed by atoms with Gasteiger partial charge in [-0.15, -0.1) is 0 Å². The fraction of sp³-hybridized carbons (Fsp3) is 0.647. The van der Waals surface area contributed by atoms with E-state index in [1.54, 1.807) is 0 Å². The van der Waals surface area contributed by atoms with Crippen LogP contribution in [0.5, 0.6) is 0 Å². The summed E-state index contributed by atoms with van der Waals surface area (Å²) < 4.78 is 39.2. The van der Waals surface area contributed by atoms with Gasteiger partial charge in [-0.2, -0.15) is 13.2 Å². The van der Waals surface area contributed by atoms with Gasteiger partial charge in [-0.05, 0) is 66.3 Å². The summed E-state index contributed by atoms with van der Waals surface area (Å²) in [5.41, 5.74) is 6.63. The van der Waals surface area contributed by atoms with Gasteiger partial charge < -0.3 is 5.73 Å². The summed E-state index contributed by atoms with van der Waals surface area (Å²) in [6, 6.07) is 4.49. The highest BCUT2D eigenvalue weighted by molar-refractivity contribution is 5.35. The van der Waals surface area contributed by atoms with Crippen LogP contribution >= 0.6 is 0 Å². The summed E-state index contributed by atoms with van der Waals surface area (Å²) in [7, 11) is 0. The molecular formula is C17H24F3N. The second kappa shape index (κ2) is 5.31. The lowest BCUT2D eigenvalue weighted by Crippen LogP contribution is -2.17. The van der Waals surface area contributed by atoms with E-state index in [0.717, 1.165) is 30.4 Å². The summed E-state index contributed by atoms with van der Waals surface area (Å²) in [5, 5.41) is 0. The second-order valence-electron chi connectivity index (χ2n) is 7.37. The summed E-state index contributed by atoms with van der Waals surface area (Å²) in [6.45, 7) is 6.45. The molecule has 1 aliphatic rings. The van der Waals surface area contributed by atoms with Crippen LogP contribution in [-0.2, 0) is 18.0 Å². The minimum absolute atomic E-state index is 0.191. The Morgan fingerprint density at radius 1 is 1.05 bits per heavy atom. The summed E-state index contributed by atoms with van der Waals surface area (Å²) in [4.78, 5) is 0. The van der Waals surface area contributed by atoms with Crippen molar-refractivity contribution < 1.29 is 13.2 Å². The van der Waals surface area contributed by atoms with Crippen molar-refractivity contribution in [3.8, 4) is 0 Å². The molecule has 0 unspecified atom stereocenters. The van der Waals surface area contributed by atoms with E-state index in [0.29, 0.717) is 13.0 Å². The van der Waals surface area contributed by atoms with Crippen molar-refractivity contribution in [2.75, 3.05) is 6.54 Å². The fourth-order valence-electron chi connectivity index (χ4n) is 2.58. The van der Waals surface area contributed by atoms with Gasteiger partial charge in [0.1, 0.15) is 0 Å². The van der Waals surface area contributed by atoms with Gasteiger partial charge >= 0.3 is 6.18 Å². The van der Waals surface area contributed by atoms with Gasteiger partial charge in [0.15, 0.2) is 0 Å². The van der Waals surface area contributed by atoms with Gasteiger partial charge in [-0.3, -0.25) is 0 Å². The molecule has 0 bridgehead atoms. The van der Waals surface area contributed by atoms with Crippen LogP contribution in [-0.4, -0.2) is 6.54 Å². The lowest BCUT2D eigenvalue weighted by molar-refractivity contribution is -0.137. The molecule has 0 heterocycles. The van der Waals surface area contributed by atoms with E-state index in [1.165, 1.54) is 12.1 Å². The maximum absolute atomic E-state index is 13.1. The van der Waals surface area contributed by atoms with E-state index in [2.05, 4.69) is 0 Å². The number of nitrogens with two attached hydrogens (primary N) is 1. The van der Waals surface area contributed by atoms with E-state index in [9.17, 15) is 13.2 Å². The Labute approximate surface area is 124 Å². The van der Waals surface area contributed by atoms with Crippen molar-refractivity contribution in [1.29, 1.82) is 0 Å². The average molecular weight is 299 g/mol. The predicted molar refractivity (Wildman–Crippen MR) is 79.2 cm³/mol. The lowest BCUT2D eigenvalue weighted by Gasteiger charge is -2.22. The minimum Gasteiger partial charge on any atom is -0.330 e. The lowest BCUT2D eigenvalue weighted by atomic mass is 9.84. The third-order valence-electron chi connectivity index (χ3n) is 4.52. The van der Waals surface area contributed by atoms with Crippen LogP contribution in [0.1, 0.15) is 56.7 Å². The third-order valence-corrected chi connectivity index (χ3v) is 4.52. The molecule has 0 atom stereocenters. The van der Waals surface area contributed by atoms with Gasteiger partial charge in [0.2, 0.25) is 0 Å².